The van der Waals surface area contributed by atoms with Crippen LogP contribution in [0.1, 0.15) is 91.8 Å². The summed E-state index contributed by atoms with van der Waals surface area (Å²) in [5.74, 6) is 0.275. The smallest absolute Gasteiger partial charge is 0.293 e. The third-order valence-electron chi connectivity index (χ3n) is 13.7. The molecule has 0 saturated carbocycles. The number of nitrogens with one attached hydrogen (secondary N) is 1. The molecule has 61 heavy (non-hydrogen) atoms. The molecule has 1 aliphatic carbocycles. The predicted octanol–water partition coefficient (Wildman–Crippen LogP) is 5.59. The number of aryl methyl sites for hydroxylation is 1. The Morgan fingerprint density at radius 2 is 1.85 bits per heavy atom. The van der Waals surface area contributed by atoms with Crippen molar-refractivity contribution in [1.29, 1.82) is 0 Å². The van der Waals surface area contributed by atoms with Crippen LogP contribution in [0.2, 0.25) is 0 Å². The molecule has 2 atom stereocenters. The van der Waals surface area contributed by atoms with E-state index in [1.165, 1.54) is 21.9 Å². The lowest BCUT2D eigenvalue weighted by molar-refractivity contribution is -0.129. The van der Waals surface area contributed by atoms with Gasteiger partial charge < -0.3 is 34.1 Å². The second kappa shape index (κ2) is 16.5. The van der Waals surface area contributed by atoms with Gasteiger partial charge in [0.2, 0.25) is 5.91 Å². The monoisotopic (exact) mass is 829 g/mol. The number of aliphatic hydroxyl groups is 1. The summed E-state index contributed by atoms with van der Waals surface area (Å²) in [5, 5.41) is 14.2. The summed E-state index contributed by atoms with van der Waals surface area (Å²) in [7, 11) is 1.68. The van der Waals surface area contributed by atoms with Crippen LogP contribution in [0, 0.1) is 5.41 Å². The zero-order valence-electron chi connectivity index (χ0n) is 36.0. The van der Waals surface area contributed by atoms with Crippen molar-refractivity contribution in [2.45, 2.75) is 97.0 Å². The minimum atomic E-state index is -0.380. The van der Waals surface area contributed by atoms with Crippen molar-refractivity contribution in [3.63, 3.8) is 0 Å². The Labute approximate surface area is 357 Å². The molecule has 3 fully saturated rings. The number of carbonyl (C=O) groups is 2. The van der Waals surface area contributed by atoms with Gasteiger partial charge in [-0.1, -0.05) is 20.4 Å². The molecule has 1 unspecified atom stereocenters. The summed E-state index contributed by atoms with van der Waals surface area (Å²) in [4.78, 5) is 59.4. The van der Waals surface area contributed by atoms with E-state index in [1.807, 2.05) is 17.0 Å². The van der Waals surface area contributed by atoms with E-state index in [1.54, 1.807) is 30.4 Å². The van der Waals surface area contributed by atoms with E-state index in [0.717, 1.165) is 89.0 Å². The molecule has 5 aliphatic rings. The number of hydrogen-bond donors (Lipinski definition) is 2. The van der Waals surface area contributed by atoms with Crippen molar-refractivity contribution in [3.8, 4) is 11.3 Å². The Morgan fingerprint density at radius 3 is 2.62 bits per heavy atom. The Bertz CT molecular complexity index is 2420. The topological polar surface area (TPSA) is 141 Å². The van der Waals surface area contributed by atoms with Crippen LogP contribution in [-0.4, -0.2) is 104 Å². The van der Waals surface area contributed by atoms with Gasteiger partial charge in [0, 0.05) is 118 Å². The van der Waals surface area contributed by atoms with Gasteiger partial charge >= 0.3 is 0 Å². The van der Waals surface area contributed by atoms with Gasteiger partial charge in [0.1, 0.15) is 11.5 Å². The minimum Gasteiger partial charge on any atom is -0.392 e. The van der Waals surface area contributed by atoms with Gasteiger partial charge in [0.15, 0.2) is 5.82 Å². The van der Waals surface area contributed by atoms with E-state index in [2.05, 4.69) is 64.2 Å². The molecule has 3 saturated heterocycles. The van der Waals surface area contributed by atoms with Crippen LogP contribution in [0.5, 0.6) is 0 Å². The van der Waals surface area contributed by atoms with Gasteiger partial charge in [0.25, 0.3) is 11.5 Å². The zero-order chi connectivity index (χ0) is 42.6. The second-order valence-corrected chi connectivity index (χ2v) is 18.4. The van der Waals surface area contributed by atoms with Crippen LogP contribution in [-0.2, 0) is 42.6 Å². The average Bonchev–Trinajstić information content (AvgIpc) is 3.77. The van der Waals surface area contributed by atoms with Crippen LogP contribution in [0.15, 0.2) is 60.2 Å². The molecule has 0 bridgehead atoms. The molecule has 4 aliphatic heterocycles. The quantitative estimate of drug-likeness (QED) is 0.205. The normalized spacial score (nSPS) is 22.0. The molecule has 9 rings (SSSR count). The number of aromatic nitrogens is 4. The van der Waals surface area contributed by atoms with Crippen molar-refractivity contribution < 1.29 is 19.4 Å². The van der Waals surface area contributed by atoms with Gasteiger partial charge in [-0.2, -0.15) is 0 Å². The van der Waals surface area contributed by atoms with Crippen molar-refractivity contribution in [3.05, 3.63) is 93.8 Å². The maximum absolute atomic E-state index is 14.1. The number of benzene rings is 1. The van der Waals surface area contributed by atoms with E-state index in [4.69, 9.17) is 9.72 Å². The molecule has 322 valence electrons. The van der Waals surface area contributed by atoms with E-state index in [9.17, 15) is 19.5 Å². The van der Waals surface area contributed by atoms with Gasteiger partial charge in [-0.05, 0) is 99.3 Å². The number of piperidine rings is 1. The first kappa shape index (κ1) is 41.1. The lowest BCUT2D eigenvalue weighted by atomic mass is 9.90. The number of ether oxygens (including phenoxy) is 1. The number of fused-ring (bicyclic) bond motifs is 3. The first-order valence-electron chi connectivity index (χ1n) is 22.1. The fraction of sp³-hybridized carbons (Fsp3) is 0.511. The first-order valence-corrected chi connectivity index (χ1v) is 22.1. The van der Waals surface area contributed by atoms with Gasteiger partial charge in [0.05, 0.1) is 18.3 Å². The van der Waals surface area contributed by atoms with Crippen LogP contribution in [0.3, 0.4) is 0 Å². The number of carbonyl (C=O) groups excluding carboxylic acids is 2. The number of aliphatic hydroxyl groups excluding tert-OH is 1. The SMILES string of the molecule is C=CC(=O)N1CCCCC1c1cc(Nc2nc(-c3ccnc(N4CCn5c(cc6c5CC(C)(C)C6)C4=O)c3CO)cn(C)c2=O)ccc1N1CCN(C2CCOCC2)C[C@@H]1C. The Hall–Kier alpha value is -5.31. The van der Waals surface area contributed by atoms with E-state index >= 15 is 0 Å². The van der Waals surface area contributed by atoms with E-state index in [0.29, 0.717) is 59.7 Å². The summed E-state index contributed by atoms with van der Waals surface area (Å²) in [6, 6.07) is 10.6. The molecule has 2 N–H and O–H groups in total. The summed E-state index contributed by atoms with van der Waals surface area (Å²) >= 11 is 0. The number of anilines is 4. The highest BCUT2D eigenvalue weighted by atomic mass is 16.5. The number of pyridine rings is 1. The maximum Gasteiger partial charge on any atom is 0.293 e. The van der Waals surface area contributed by atoms with Gasteiger partial charge in [-0.25, -0.2) is 9.97 Å². The van der Waals surface area contributed by atoms with Crippen molar-refractivity contribution in [2.24, 2.45) is 12.5 Å². The molecule has 3 aromatic heterocycles. The van der Waals surface area contributed by atoms with Crippen molar-refractivity contribution >= 4 is 34.8 Å². The number of amides is 2. The highest BCUT2D eigenvalue weighted by Crippen LogP contribution is 2.42. The molecule has 4 aromatic rings. The molecular formula is C47H59N9O5. The summed E-state index contributed by atoms with van der Waals surface area (Å²) in [5.41, 5.74) is 7.28. The molecule has 14 nitrogen and oxygen atoms in total. The molecule has 14 heteroatoms. The van der Waals surface area contributed by atoms with E-state index < -0.39 is 0 Å². The molecule has 0 radical (unpaired) electrons. The number of nitrogens with zero attached hydrogens (tertiary/aromatic N) is 8. The third kappa shape index (κ3) is 7.67. The predicted molar refractivity (Wildman–Crippen MR) is 236 cm³/mol. The fourth-order valence-electron chi connectivity index (χ4n) is 10.7. The number of rotatable bonds is 9. The third-order valence-corrected chi connectivity index (χ3v) is 13.7. The summed E-state index contributed by atoms with van der Waals surface area (Å²) in [6.45, 7) is 16.4. The number of hydrogen-bond acceptors (Lipinski definition) is 10. The number of piperazine rings is 1. The highest BCUT2D eigenvalue weighted by Gasteiger charge is 2.38. The van der Waals surface area contributed by atoms with Gasteiger partial charge in [-0.3, -0.25) is 24.2 Å². The van der Waals surface area contributed by atoms with Crippen molar-refractivity contribution in [1.82, 2.24) is 28.9 Å². The lowest BCUT2D eigenvalue weighted by Gasteiger charge is -2.46. The van der Waals surface area contributed by atoms with Crippen LogP contribution in [0.25, 0.3) is 11.3 Å². The van der Waals surface area contributed by atoms with E-state index in [-0.39, 0.29) is 47.3 Å². The lowest BCUT2D eigenvalue weighted by Crippen LogP contribution is -2.56. The van der Waals surface area contributed by atoms with Gasteiger partial charge in [-0.15, -0.1) is 0 Å². The fourth-order valence-corrected chi connectivity index (χ4v) is 10.7. The van der Waals surface area contributed by atoms with Crippen molar-refractivity contribution in [2.75, 3.05) is 61.1 Å². The van der Waals surface area contributed by atoms with Crippen LogP contribution in [0.4, 0.5) is 23.0 Å². The minimum absolute atomic E-state index is 0.0843. The Morgan fingerprint density at radius 1 is 1.03 bits per heavy atom. The summed E-state index contributed by atoms with van der Waals surface area (Å²) in [6.07, 6.45) is 11.4. The molecule has 1 aromatic carbocycles. The van der Waals surface area contributed by atoms with Crippen LogP contribution < -0.4 is 20.7 Å². The highest BCUT2D eigenvalue weighted by molar-refractivity contribution is 6.06. The molecule has 2 amide bonds. The Balaban J connectivity index is 1.03. The van der Waals surface area contributed by atoms with Crippen LogP contribution >= 0.6 is 0 Å². The largest absolute Gasteiger partial charge is 0.392 e. The number of likely N-dealkylation sites (tertiary alicyclic amines) is 1. The average molecular weight is 830 g/mol. The standard InChI is InChI=1S/C47H59N9O5/c1-6-42(58)55-16-8-7-9-38(55)35-24-32(10-11-39(35)53-18-17-52(27-30(53)2)33-13-21-61-22-14-33)49-43-46(60)51(5)28-37(50-43)34-12-15-48-44(36(34)29-57)56-20-19-54-40(45(56)59)23-31-25-47(3,4)26-41(31)54/h6,10-12,15,23-24,28,30,33,38,57H,1,7-9,13-14,16-22,25-27,29H2,2-5H3,(H,49,50)/t30-,38?/m0/s1. The molecular weight excluding hydrogens is 771 g/mol. The zero-order valence-corrected chi connectivity index (χ0v) is 36.0. The maximum atomic E-state index is 14.1. The summed E-state index contributed by atoms with van der Waals surface area (Å²) < 4.78 is 9.30. The molecule has 7 heterocycles. The molecule has 0 spiro atoms. The Kier molecular flexibility index (Phi) is 11.1. The first-order chi connectivity index (χ1) is 29.4. The second-order valence-electron chi connectivity index (χ2n) is 18.4.